The summed E-state index contributed by atoms with van der Waals surface area (Å²) in [6.07, 6.45) is 5.09. The minimum absolute atomic E-state index is 0.115. The molecule has 0 saturated heterocycles. The van der Waals surface area contributed by atoms with Crippen LogP contribution in [-0.2, 0) is 5.66 Å². The van der Waals surface area contributed by atoms with Gasteiger partial charge in [0.15, 0.2) is 5.82 Å². The van der Waals surface area contributed by atoms with Crippen LogP contribution in [0.15, 0.2) is 49.1 Å². The molecule has 0 bridgehead atoms. The zero-order valence-corrected chi connectivity index (χ0v) is 18.6. The maximum absolute atomic E-state index is 14.7. The summed E-state index contributed by atoms with van der Waals surface area (Å²) in [5, 5.41) is 2.92. The number of aromatic nitrogens is 4. The number of nitrogens with one attached hydrogen (secondary N) is 1. The molecule has 1 N–H and O–H groups in total. The third kappa shape index (κ3) is 5.37. The van der Waals surface area contributed by atoms with Crippen LogP contribution in [0.1, 0.15) is 29.8 Å². The Bertz CT molecular complexity index is 1060. The maximum atomic E-state index is 14.7. The van der Waals surface area contributed by atoms with Gasteiger partial charge in [-0.3, -0.25) is 4.79 Å². The van der Waals surface area contributed by atoms with Crippen molar-refractivity contribution >= 4 is 21.1 Å². The highest BCUT2D eigenvalue weighted by atomic mass is 31.0. The molecule has 3 rings (SSSR count). The second kappa shape index (κ2) is 9.99. The van der Waals surface area contributed by atoms with Gasteiger partial charge in [0, 0.05) is 49.5 Å². The van der Waals surface area contributed by atoms with E-state index < -0.39 is 17.4 Å². The number of anilines is 1. The van der Waals surface area contributed by atoms with Crippen LogP contribution in [0.3, 0.4) is 0 Å². The monoisotopic (exact) mass is 462 g/mol. The molecule has 11 heteroatoms. The average molecular weight is 462 g/mol. The van der Waals surface area contributed by atoms with Crippen LogP contribution < -0.4 is 5.32 Å². The van der Waals surface area contributed by atoms with E-state index in [0.29, 0.717) is 12.1 Å². The number of amides is 1. The zero-order valence-electron chi connectivity index (χ0n) is 17.5. The number of carbonyl (C=O) groups is 1. The first-order valence-electron chi connectivity index (χ1n) is 9.82. The minimum Gasteiger partial charge on any atom is -0.352 e. The molecule has 32 heavy (non-hydrogen) atoms. The first-order valence-corrected chi connectivity index (χ1v) is 10.4. The summed E-state index contributed by atoms with van der Waals surface area (Å²) >= 11 is 0. The van der Waals surface area contributed by atoms with Crippen LogP contribution in [0.25, 0.3) is 11.4 Å². The topological polar surface area (TPSA) is 83.9 Å². The summed E-state index contributed by atoms with van der Waals surface area (Å²) in [4.78, 5) is 30.8. The molecule has 2 heterocycles. The van der Waals surface area contributed by atoms with Gasteiger partial charge in [0.05, 0.1) is 11.1 Å². The van der Waals surface area contributed by atoms with Gasteiger partial charge < -0.3 is 10.2 Å². The molecule has 168 valence electrons. The van der Waals surface area contributed by atoms with E-state index >= 15 is 0 Å². The van der Waals surface area contributed by atoms with Gasteiger partial charge in [0.2, 0.25) is 5.95 Å². The van der Waals surface area contributed by atoms with Crippen molar-refractivity contribution in [2.45, 2.75) is 25.6 Å². The van der Waals surface area contributed by atoms with E-state index in [9.17, 15) is 18.0 Å². The number of carbonyl (C=O) groups excluding carboxylic acids is 1. The van der Waals surface area contributed by atoms with Crippen molar-refractivity contribution in [3.05, 3.63) is 66.0 Å². The van der Waals surface area contributed by atoms with E-state index in [-0.39, 0.29) is 35.5 Å². The highest BCUT2D eigenvalue weighted by molar-refractivity contribution is 7.17. The van der Waals surface area contributed by atoms with Crippen molar-refractivity contribution in [2.24, 2.45) is 0 Å². The fourth-order valence-corrected chi connectivity index (χ4v) is 3.25. The molecule has 2 aromatic heterocycles. The molecule has 1 aromatic carbocycles. The number of likely N-dealkylation sites (N-methyl/N-ethyl adjacent to an activating group) is 1. The number of nitrogens with zero attached hydrogens (tertiary/aromatic N) is 5. The summed E-state index contributed by atoms with van der Waals surface area (Å²) in [5.74, 6) is -0.795. The third-order valence-electron chi connectivity index (χ3n) is 4.76. The summed E-state index contributed by atoms with van der Waals surface area (Å²) in [6, 6.07) is 5.56. The van der Waals surface area contributed by atoms with Crippen molar-refractivity contribution in [1.29, 1.82) is 0 Å². The second-order valence-corrected chi connectivity index (χ2v) is 7.70. The smallest absolute Gasteiger partial charge is 0.286 e. The minimum atomic E-state index is -3.11. The van der Waals surface area contributed by atoms with Gasteiger partial charge in [-0.05, 0) is 26.0 Å². The normalized spacial score (nSPS) is 12.3. The Morgan fingerprint density at radius 2 is 1.81 bits per heavy atom. The Kier molecular flexibility index (Phi) is 7.35. The highest BCUT2D eigenvalue weighted by Gasteiger charge is 2.27. The Labute approximate surface area is 185 Å². The molecule has 0 aliphatic rings. The molecule has 2 unspecified atom stereocenters. The van der Waals surface area contributed by atoms with Crippen LogP contribution in [0.5, 0.6) is 0 Å². The summed E-state index contributed by atoms with van der Waals surface area (Å²) in [6.45, 7) is 4.09. The third-order valence-corrected chi connectivity index (χ3v) is 5.09. The number of benzene rings is 1. The van der Waals surface area contributed by atoms with Gasteiger partial charge in [0.25, 0.3) is 11.6 Å². The van der Waals surface area contributed by atoms with Crippen LogP contribution in [0.4, 0.5) is 19.1 Å². The van der Waals surface area contributed by atoms with E-state index in [0.717, 1.165) is 12.4 Å². The fourth-order valence-electron chi connectivity index (χ4n) is 3.11. The fraction of sp³-hybridized carbons (Fsp3) is 0.286. The molecule has 1 amide bonds. The van der Waals surface area contributed by atoms with E-state index in [4.69, 9.17) is 0 Å². The number of alkyl halides is 2. The molecular formula is C21H22F3N6OP. The molecule has 0 fully saturated rings. The number of halogens is 3. The Balaban J connectivity index is 1.78. The molecule has 3 aromatic rings. The number of rotatable bonds is 8. The SMILES string of the molecule is CCN(C(=O)c1c(F)cccc1-c1ncccn1)C(C)CNc1ncc(C(F)(F)P)cn1. The summed E-state index contributed by atoms with van der Waals surface area (Å²) in [7, 11) is 1.43. The first kappa shape index (κ1) is 23.5. The van der Waals surface area contributed by atoms with E-state index in [2.05, 4.69) is 25.3 Å². The number of hydrogen-bond donors (Lipinski definition) is 1. The standard InChI is InChI=1S/C21H22F3N6OP/c1-3-30(13(2)10-27-20-28-11-14(12-29-20)21(23,24)32)19(31)17-15(6-4-7-16(17)22)18-25-8-5-9-26-18/h4-9,11-13H,3,10,32H2,1-2H3,(H,27,28,29). The molecule has 0 aliphatic carbocycles. The average Bonchev–Trinajstić information content (AvgIpc) is 2.78. The quantitative estimate of drug-likeness (QED) is 0.511. The van der Waals surface area contributed by atoms with Crippen molar-refractivity contribution in [2.75, 3.05) is 18.4 Å². The summed E-state index contributed by atoms with van der Waals surface area (Å²) < 4.78 is 41.3. The van der Waals surface area contributed by atoms with Crippen molar-refractivity contribution < 1.29 is 18.0 Å². The van der Waals surface area contributed by atoms with Gasteiger partial charge in [-0.1, -0.05) is 21.4 Å². The predicted octanol–water partition coefficient (Wildman–Crippen LogP) is 3.96. The molecule has 0 saturated carbocycles. The highest BCUT2D eigenvalue weighted by Crippen LogP contribution is 2.33. The van der Waals surface area contributed by atoms with E-state index in [1.807, 2.05) is 0 Å². The van der Waals surface area contributed by atoms with E-state index in [1.54, 1.807) is 26.0 Å². The lowest BCUT2D eigenvalue weighted by Gasteiger charge is -2.29. The zero-order chi connectivity index (χ0) is 23.3. The lowest BCUT2D eigenvalue weighted by atomic mass is 10.0. The lowest BCUT2D eigenvalue weighted by molar-refractivity contribution is 0.0708. The van der Waals surface area contributed by atoms with Gasteiger partial charge in [0.1, 0.15) is 5.82 Å². The second-order valence-electron chi connectivity index (χ2n) is 6.97. The molecule has 0 radical (unpaired) electrons. The largest absolute Gasteiger partial charge is 0.352 e. The van der Waals surface area contributed by atoms with Gasteiger partial charge >= 0.3 is 0 Å². The molecule has 0 aliphatic heterocycles. The van der Waals surface area contributed by atoms with E-state index in [1.165, 1.54) is 38.7 Å². The molecule has 7 nitrogen and oxygen atoms in total. The van der Waals surface area contributed by atoms with Crippen molar-refractivity contribution in [3.63, 3.8) is 0 Å². The number of hydrogen-bond acceptors (Lipinski definition) is 6. The van der Waals surface area contributed by atoms with Gasteiger partial charge in [-0.25, -0.2) is 24.3 Å². The Morgan fingerprint density at radius 1 is 1.16 bits per heavy atom. The van der Waals surface area contributed by atoms with Crippen LogP contribution >= 0.6 is 9.24 Å². The summed E-state index contributed by atoms with van der Waals surface area (Å²) in [5.41, 5.74) is -3.26. The van der Waals surface area contributed by atoms with Crippen LogP contribution in [0, 0.1) is 5.82 Å². The lowest BCUT2D eigenvalue weighted by Crippen LogP contribution is -2.43. The first-order chi connectivity index (χ1) is 15.2. The molecular weight excluding hydrogens is 440 g/mol. The predicted molar refractivity (Wildman–Crippen MR) is 118 cm³/mol. The van der Waals surface area contributed by atoms with Gasteiger partial charge in [-0.15, -0.1) is 0 Å². The van der Waals surface area contributed by atoms with Gasteiger partial charge in [-0.2, -0.15) is 8.78 Å². The van der Waals surface area contributed by atoms with Crippen molar-refractivity contribution in [3.8, 4) is 11.4 Å². The Hall–Kier alpha value is -3.13. The maximum Gasteiger partial charge on any atom is 0.286 e. The van der Waals surface area contributed by atoms with Crippen molar-refractivity contribution in [1.82, 2.24) is 24.8 Å². The van der Waals surface area contributed by atoms with Crippen LogP contribution in [-0.4, -0.2) is 49.9 Å². The van der Waals surface area contributed by atoms with Crippen LogP contribution in [0.2, 0.25) is 0 Å². The molecule has 0 spiro atoms. The molecule has 2 atom stereocenters. The Morgan fingerprint density at radius 3 is 2.41 bits per heavy atom.